The Labute approximate surface area is 275 Å². The molecule has 1 unspecified atom stereocenters. The van der Waals surface area contributed by atoms with Crippen molar-refractivity contribution in [2.75, 3.05) is 50.4 Å². The minimum atomic E-state index is -0.420. The highest BCUT2D eigenvalue weighted by atomic mass is 19.1. The molecule has 1 amide bonds. The van der Waals surface area contributed by atoms with E-state index < -0.39 is 5.82 Å². The van der Waals surface area contributed by atoms with E-state index in [4.69, 9.17) is 0 Å². The smallest absolute Gasteiger partial charge is 0.255 e. The monoisotopic (exact) mass is 635 g/mol. The highest BCUT2D eigenvalue weighted by Gasteiger charge is 2.19. The fraction of sp³-hybridized carbons (Fsp3) is 0.289. The van der Waals surface area contributed by atoms with Crippen molar-refractivity contribution in [3.05, 3.63) is 102 Å². The van der Waals surface area contributed by atoms with Crippen LogP contribution in [0.2, 0.25) is 0 Å². The Morgan fingerprint density at radius 1 is 0.830 bits per heavy atom. The van der Waals surface area contributed by atoms with Gasteiger partial charge in [-0.2, -0.15) is 0 Å². The van der Waals surface area contributed by atoms with E-state index in [1.165, 1.54) is 58.6 Å². The topological polar surface area (TPSA) is 93.0 Å². The Morgan fingerprint density at radius 2 is 1.47 bits per heavy atom. The second-order valence-electron chi connectivity index (χ2n) is 12.8. The van der Waals surface area contributed by atoms with Crippen LogP contribution in [0, 0.1) is 25.6 Å². The summed E-state index contributed by atoms with van der Waals surface area (Å²) in [5, 5.41) is 28.5. The number of fused-ring (bicyclic) bond motifs is 1. The molecule has 8 nitrogen and oxygen atoms in total. The number of benzene rings is 4. The number of halogens is 1. The molecule has 4 aromatic carbocycles. The Hall–Kier alpha value is -4.86. The summed E-state index contributed by atoms with van der Waals surface area (Å²) in [6.45, 7) is 13.4. The maximum absolute atomic E-state index is 13.3. The standard InChI is InChI=1S/C38H42FN5O3/c1-24(22-43-17-15-42(4)16-18-43)23-44-26(3)25(2)33-19-31(13-14-34(33)44)40-30-11-7-28(8-12-30)38(47)41-32-20-35(45)37(36(46)21-32)27-5-9-29(39)10-6-27/h5-14,19-21,24,40,45-46H,15-18,22-23H2,1-4H3,(H,41,47). The minimum absolute atomic E-state index is 0.161. The number of rotatable bonds is 9. The number of nitrogens with one attached hydrogen (secondary N) is 2. The van der Waals surface area contributed by atoms with Gasteiger partial charge < -0.3 is 35.2 Å². The summed E-state index contributed by atoms with van der Waals surface area (Å²) >= 11 is 0. The number of carbonyl (C=O) groups excluding carboxylic acids is 1. The average molecular weight is 636 g/mol. The number of phenolic OH excluding ortho intramolecular Hbond substituents is 2. The van der Waals surface area contributed by atoms with Crippen LogP contribution in [-0.2, 0) is 6.54 Å². The van der Waals surface area contributed by atoms with Crippen molar-refractivity contribution in [1.29, 1.82) is 0 Å². The quantitative estimate of drug-likeness (QED) is 0.135. The van der Waals surface area contributed by atoms with E-state index in [0.717, 1.165) is 50.6 Å². The molecule has 1 saturated heterocycles. The summed E-state index contributed by atoms with van der Waals surface area (Å²) < 4.78 is 15.8. The summed E-state index contributed by atoms with van der Waals surface area (Å²) in [4.78, 5) is 18.0. The number of phenols is 2. The van der Waals surface area contributed by atoms with Gasteiger partial charge in [0.1, 0.15) is 17.3 Å². The summed E-state index contributed by atoms with van der Waals surface area (Å²) in [7, 11) is 2.19. The highest BCUT2D eigenvalue weighted by molar-refractivity contribution is 6.05. The number of likely N-dealkylation sites (N-methyl/N-ethyl adjacent to an activating group) is 1. The van der Waals surface area contributed by atoms with Gasteiger partial charge >= 0.3 is 0 Å². The lowest BCUT2D eigenvalue weighted by molar-refractivity contribution is 0.102. The van der Waals surface area contributed by atoms with Gasteiger partial charge in [0, 0.05) is 90.6 Å². The Kier molecular flexibility index (Phi) is 9.20. The van der Waals surface area contributed by atoms with Crippen molar-refractivity contribution < 1.29 is 19.4 Å². The van der Waals surface area contributed by atoms with Crippen molar-refractivity contribution in [3.8, 4) is 22.6 Å². The van der Waals surface area contributed by atoms with Gasteiger partial charge in [0.15, 0.2) is 0 Å². The first-order chi connectivity index (χ1) is 22.5. The lowest BCUT2D eigenvalue weighted by atomic mass is 10.0. The van der Waals surface area contributed by atoms with Crippen LogP contribution in [0.5, 0.6) is 11.5 Å². The number of piperazine rings is 1. The predicted molar refractivity (Wildman–Crippen MR) is 187 cm³/mol. The molecule has 1 aliphatic rings. The molecule has 2 heterocycles. The van der Waals surface area contributed by atoms with Gasteiger partial charge in [-0.25, -0.2) is 4.39 Å². The number of nitrogens with zero attached hydrogens (tertiary/aromatic N) is 3. The molecule has 0 radical (unpaired) electrons. The van der Waals surface area contributed by atoms with Crippen LogP contribution in [-0.4, -0.2) is 70.3 Å². The van der Waals surface area contributed by atoms with Gasteiger partial charge in [0.2, 0.25) is 0 Å². The van der Waals surface area contributed by atoms with E-state index >= 15 is 0 Å². The number of amides is 1. The molecule has 0 saturated carbocycles. The SMILES string of the molecule is Cc1c(C)n(CC(C)CN2CCN(C)CC2)c2ccc(Nc3ccc(C(=O)Nc4cc(O)c(-c5ccc(F)cc5)c(O)c4)cc3)cc12. The second kappa shape index (κ2) is 13.5. The van der Waals surface area contributed by atoms with Crippen molar-refractivity contribution in [3.63, 3.8) is 0 Å². The molecule has 1 atom stereocenters. The van der Waals surface area contributed by atoms with Crippen molar-refractivity contribution in [1.82, 2.24) is 14.4 Å². The zero-order valence-corrected chi connectivity index (χ0v) is 27.3. The number of aromatic hydroxyl groups is 2. The number of aromatic nitrogens is 1. The molecule has 9 heteroatoms. The van der Waals surface area contributed by atoms with E-state index in [9.17, 15) is 19.4 Å². The maximum Gasteiger partial charge on any atom is 0.255 e. The molecule has 6 rings (SSSR count). The number of anilines is 3. The van der Waals surface area contributed by atoms with E-state index in [2.05, 4.69) is 71.0 Å². The summed E-state index contributed by atoms with van der Waals surface area (Å²) in [5.74, 6) is -0.733. The van der Waals surface area contributed by atoms with E-state index in [1.807, 2.05) is 12.1 Å². The van der Waals surface area contributed by atoms with Crippen LogP contribution in [0.3, 0.4) is 0 Å². The minimum Gasteiger partial charge on any atom is -0.507 e. The van der Waals surface area contributed by atoms with E-state index in [1.54, 1.807) is 12.1 Å². The van der Waals surface area contributed by atoms with Gasteiger partial charge in [0.05, 0.1) is 5.56 Å². The third-order valence-corrected chi connectivity index (χ3v) is 9.22. The van der Waals surface area contributed by atoms with Crippen LogP contribution in [0.15, 0.2) is 78.9 Å². The molecule has 1 aliphatic heterocycles. The first kappa shape index (κ1) is 32.1. The molecule has 0 spiro atoms. The lowest BCUT2D eigenvalue weighted by Gasteiger charge is -2.34. The molecule has 47 heavy (non-hydrogen) atoms. The van der Waals surface area contributed by atoms with E-state index in [0.29, 0.717) is 17.0 Å². The first-order valence-electron chi connectivity index (χ1n) is 16.1. The number of aryl methyl sites for hydroxylation is 1. The van der Waals surface area contributed by atoms with Crippen molar-refractivity contribution >= 4 is 33.9 Å². The fourth-order valence-corrected chi connectivity index (χ4v) is 6.47. The van der Waals surface area contributed by atoms with Gasteiger partial charge in [0.25, 0.3) is 5.91 Å². The third-order valence-electron chi connectivity index (χ3n) is 9.22. The molecule has 0 bridgehead atoms. The Balaban J connectivity index is 1.10. The predicted octanol–water partition coefficient (Wildman–Crippen LogP) is 7.35. The Morgan fingerprint density at radius 3 is 2.13 bits per heavy atom. The summed E-state index contributed by atoms with van der Waals surface area (Å²) in [6, 6.07) is 21.7. The van der Waals surface area contributed by atoms with Crippen LogP contribution >= 0.6 is 0 Å². The van der Waals surface area contributed by atoms with Gasteiger partial charge in [-0.05, 0) is 92.5 Å². The molecule has 1 fully saturated rings. The molecule has 5 aromatic rings. The highest BCUT2D eigenvalue weighted by Crippen LogP contribution is 2.40. The molecular formula is C38H42FN5O3. The van der Waals surface area contributed by atoms with Gasteiger partial charge in [-0.15, -0.1) is 0 Å². The number of hydrogen-bond acceptors (Lipinski definition) is 6. The first-order valence-corrected chi connectivity index (χ1v) is 16.1. The molecule has 4 N–H and O–H groups in total. The van der Waals surface area contributed by atoms with Crippen LogP contribution in [0.1, 0.15) is 28.5 Å². The Bertz CT molecular complexity index is 1870. The zero-order chi connectivity index (χ0) is 33.2. The number of carbonyl (C=O) groups is 1. The normalized spacial score (nSPS) is 14.7. The number of hydrogen-bond donors (Lipinski definition) is 4. The third kappa shape index (κ3) is 7.11. The van der Waals surface area contributed by atoms with Crippen LogP contribution in [0.25, 0.3) is 22.0 Å². The summed E-state index contributed by atoms with van der Waals surface area (Å²) in [5.41, 5.74) is 6.90. The maximum atomic E-state index is 13.3. The van der Waals surface area contributed by atoms with E-state index in [-0.39, 0.29) is 28.7 Å². The van der Waals surface area contributed by atoms with Crippen molar-refractivity contribution in [2.24, 2.45) is 5.92 Å². The van der Waals surface area contributed by atoms with Gasteiger partial charge in [-0.1, -0.05) is 19.1 Å². The largest absolute Gasteiger partial charge is 0.507 e. The van der Waals surface area contributed by atoms with Crippen LogP contribution in [0.4, 0.5) is 21.5 Å². The summed E-state index contributed by atoms with van der Waals surface area (Å²) in [6.07, 6.45) is 0. The molecular weight excluding hydrogens is 593 g/mol. The molecule has 1 aromatic heterocycles. The van der Waals surface area contributed by atoms with Gasteiger partial charge in [-0.3, -0.25) is 4.79 Å². The molecule has 0 aliphatic carbocycles. The molecule has 244 valence electrons. The lowest BCUT2D eigenvalue weighted by Crippen LogP contribution is -2.46. The van der Waals surface area contributed by atoms with Crippen molar-refractivity contribution in [2.45, 2.75) is 27.3 Å². The fourth-order valence-electron chi connectivity index (χ4n) is 6.47. The average Bonchev–Trinajstić information content (AvgIpc) is 3.27. The zero-order valence-electron chi connectivity index (χ0n) is 27.3. The second-order valence-corrected chi connectivity index (χ2v) is 12.8. The van der Waals surface area contributed by atoms with Crippen LogP contribution < -0.4 is 10.6 Å².